The molecule has 0 saturated heterocycles. The van der Waals surface area contributed by atoms with Crippen molar-refractivity contribution in [3.63, 3.8) is 0 Å². The molecule has 0 saturated carbocycles. The molecule has 0 amide bonds. The van der Waals surface area contributed by atoms with Crippen molar-refractivity contribution in [1.82, 2.24) is 0 Å². The molecule has 39 heavy (non-hydrogen) atoms. The first-order chi connectivity index (χ1) is 18.0. The monoisotopic (exact) mass is 551 g/mol. The Morgan fingerprint density at radius 3 is 1.87 bits per heavy atom. The summed E-state index contributed by atoms with van der Waals surface area (Å²) < 4.78 is 21.7. The Balaban J connectivity index is 3.57. The zero-order chi connectivity index (χ0) is 30.1. The topological polar surface area (TPSA) is 151 Å². The quantitative estimate of drug-likeness (QED) is 0.225. The normalized spacial score (nSPS) is 14.9. The molecule has 0 aromatic heterocycles. The van der Waals surface area contributed by atoms with E-state index in [4.69, 9.17) is 24.7 Å². The fraction of sp³-hybridized carbons (Fsp3) is 0.655. The van der Waals surface area contributed by atoms with E-state index in [0.717, 1.165) is 0 Å². The van der Waals surface area contributed by atoms with Gasteiger partial charge in [-0.2, -0.15) is 0 Å². The van der Waals surface area contributed by atoms with E-state index in [0.29, 0.717) is 24.8 Å². The van der Waals surface area contributed by atoms with E-state index in [-0.39, 0.29) is 18.1 Å². The first kappa shape index (κ1) is 33.9. The van der Waals surface area contributed by atoms with Gasteiger partial charge in [0.25, 0.3) is 0 Å². The summed E-state index contributed by atoms with van der Waals surface area (Å²) in [6.07, 6.45) is 0.00590. The lowest BCUT2D eigenvalue weighted by atomic mass is 9.79. The van der Waals surface area contributed by atoms with E-state index in [1.165, 1.54) is 12.1 Å². The van der Waals surface area contributed by atoms with Gasteiger partial charge in [-0.25, -0.2) is 4.79 Å². The van der Waals surface area contributed by atoms with Crippen LogP contribution in [-0.4, -0.2) is 47.9 Å². The van der Waals surface area contributed by atoms with E-state index in [2.05, 4.69) is 0 Å². The van der Waals surface area contributed by atoms with Crippen LogP contribution >= 0.6 is 0 Å². The fourth-order valence-electron chi connectivity index (χ4n) is 3.42. The van der Waals surface area contributed by atoms with Crippen LogP contribution in [0.2, 0.25) is 0 Å². The number of carbonyl (C=O) groups is 4. The third-order valence-electron chi connectivity index (χ3n) is 7.32. The SMILES string of the molecule is CCCOC(=O)OC(C)C(C)C(c1ccc(OC(=O)C(C)(C)CC)c(OC(=O)C(C)(C)CC)c1)[C@H](N)C(=O)O. The third kappa shape index (κ3) is 9.23. The first-order valence-corrected chi connectivity index (χ1v) is 13.4. The van der Waals surface area contributed by atoms with Gasteiger partial charge in [-0.3, -0.25) is 14.4 Å². The van der Waals surface area contributed by atoms with E-state index in [1.54, 1.807) is 47.6 Å². The van der Waals surface area contributed by atoms with Gasteiger partial charge in [0.05, 0.1) is 17.4 Å². The van der Waals surface area contributed by atoms with Gasteiger partial charge < -0.3 is 29.8 Å². The number of nitrogens with two attached hydrogens (primary N) is 1. The average molecular weight is 552 g/mol. The lowest BCUT2D eigenvalue weighted by molar-refractivity contribution is -0.147. The summed E-state index contributed by atoms with van der Waals surface area (Å²) in [6, 6.07) is 3.09. The molecule has 0 aliphatic heterocycles. The molecule has 10 nitrogen and oxygen atoms in total. The zero-order valence-electron chi connectivity index (χ0n) is 24.7. The lowest BCUT2D eigenvalue weighted by Crippen LogP contribution is -2.42. The Morgan fingerprint density at radius 2 is 1.41 bits per heavy atom. The van der Waals surface area contributed by atoms with Gasteiger partial charge >= 0.3 is 24.1 Å². The van der Waals surface area contributed by atoms with Crippen LogP contribution < -0.4 is 15.2 Å². The highest BCUT2D eigenvalue weighted by Crippen LogP contribution is 2.39. The minimum absolute atomic E-state index is 0.0215. The zero-order valence-corrected chi connectivity index (χ0v) is 24.7. The standard InChI is InChI=1S/C29H45NO9/c1-10-15-36-27(35)37-18(5)17(4)22(23(30)24(31)32)19-13-14-20(38-25(33)28(6,7)11-2)21(16-19)39-26(34)29(8,9)12-3/h13-14,16-18,22-23H,10-12,15,30H2,1-9H3,(H,31,32)/t17?,18?,22?,23-/m0/s1. The molecule has 0 bridgehead atoms. The van der Waals surface area contributed by atoms with E-state index < -0.39 is 58.9 Å². The van der Waals surface area contributed by atoms with Crippen LogP contribution in [0, 0.1) is 16.7 Å². The molecule has 1 rings (SSSR count). The highest BCUT2D eigenvalue weighted by Gasteiger charge is 2.37. The van der Waals surface area contributed by atoms with E-state index in [9.17, 15) is 24.3 Å². The number of rotatable bonds is 14. The van der Waals surface area contributed by atoms with Crippen molar-refractivity contribution >= 4 is 24.1 Å². The maximum Gasteiger partial charge on any atom is 0.508 e. The maximum atomic E-state index is 13.0. The number of esters is 2. The second kappa shape index (κ2) is 14.3. The predicted octanol–water partition coefficient (Wildman–Crippen LogP) is 5.45. The summed E-state index contributed by atoms with van der Waals surface area (Å²) in [5, 5.41) is 9.77. The molecule has 0 radical (unpaired) electrons. The first-order valence-electron chi connectivity index (χ1n) is 13.4. The Bertz CT molecular complexity index is 1020. The molecule has 1 aromatic rings. The van der Waals surface area contributed by atoms with Crippen molar-refractivity contribution in [3.05, 3.63) is 23.8 Å². The Kier molecular flexibility index (Phi) is 12.4. The van der Waals surface area contributed by atoms with Crippen molar-refractivity contribution in [3.8, 4) is 11.5 Å². The fourth-order valence-corrected chi connectivity index (χ4v) is 3.42. The summed E-state index contributed by atoms with van der Waals surface area (Å²) in [7, 11) is 0. The second-order valence-corrected chi connectivity index (χ2v) is 11.1. The molecule has 0 spiro atoms. The van der Waals surface area contributed by atoms with Crippen molar-refractivity contribution in [2.24, 2.45) is 22.5 Å². The number of ether oxygens (including phenoxy) is 4. The highest BCUT2D eigenvalue weighted by atomic mass is 16.7. The van der Waals surface area contributed by atoms with Gasteiger partial charge in [-0.15, -0.1) is 0 Å². The van der Waals surface area contributed by atoms with E-state index >= 15 is 0 Å². The number of hydrogen-bond donors (Lipinski definition) is 2. The summed E-state index contributed by atoms with van der Waals surface area (Å²) in [4.78, 5) is 49.8. The van der Waals surface area contributed by atoms with E-state index in [1.807, 2.05) is 20.8 Å². The Labute approximate surface area is 231 Å². The van der Waals surface area contributed by atoms with Crippen molar-refractivity contribution in [2.45, 2.75) is 99.6 Å². The molecule has 0 aliphatic rings. The lowest BCUT2D eigenvalue weighted by Gasteiger charge is -2.32. The van der Waals surface area contributed by atoms with Gasteiger partial charge in [-0.1, -0.05) is 33.8 Å². The molecular formula is C29H45NO9. The van der Waals surface area contributed by atoms with Crippen LogP contribution in [0.4, 0.5) is 4.79 Å². The molecule has 10 heteroatoms. The summed E-state index contributed by atoms with van der Waals surface area (Å²) in [5.41, 5.74) is 4.90. The smallest absolute Gasteiger partial charge is 0.480 e. The maximum absolute atomic E-state index is 13.0. The highest BCUT2D eigenvalue weighted by molar-refractivity contribution is 5.81. The van der Waals surface area contributed by atoms with Crippen LogP contribution in [0.25, 0.3) is 0 Å². The Hall–Kier alpha value is -3.14. The number of hydrogen-bond acceptors (Lipinski definition) is 9. The van der Waals surface area contributed by atoms with Crippen LogP contribution in [0.1, 0.15) is 93.1 Å². The molecule has 3 unspecified atom stereocenters. The minimum atomic E-state index is -1.39. The number of benzene rings is 1. The minimum Gasteiger partial charge on any atom is -0.480 e. The van der Waals surface area contributed by atoms with Gasteiger partial charge in [0, 0.05) is 11.8 Å². The molecule has 0 aliphatic carbocycles. The summed E-state index contributed by atoms with van der Waals surface area (Å²) in [6.45, 7) is 16.0. The van der Waals surface area contributed by atoms with Crippen molar-refractivity contribution in [2.75, 3.05) is 6.61 Å². The number of carboxylic acid groups (broad SMARTS) is 1. The van der Waals surface area contributed by atoms with Gasteiger partial charge in [-0.05, 0) is 71.6 Å². The predicted molar refractivity (Wildman–Crippen MR) is 146 cm³/mol. The third-order valence-corrected chi connectivity index (χ3v) is 7.32. The van der Waals surface area contributed by atoms with Crippen LogP contribution in [0.3, 0.4) is 0 Å². The molecule has 4 atom stereocenters. The number of carboxylic acids is 1. The average Bonchev–Trinajstić information content (AvgIpc) is 2.88. The molecule has 3 N–H and O–H groups in total. The summed E-state index contributed by atoms with van der Waals surface area (Å²) in [5.74, 6) is -3.80. The molecule has 1 aromatic carbocycles. The number of aliphatic carboxylic acids is 1. The largest absolute Gasteiger partial charge is 0.508 e. The molecular weight excluding hydrogens is 506 g/mol. The van der Waals surface area contributed by atoms with Crippen LogP contribution in [-0.2, 0) is 23.9 Å². The van der Waals surface area contributed by atoms with Crippen LogP contribution in [0.15, 0.2) is 18.2 Å². The summed E-state index contributed by atoms with van der Waals surface area (Å²) >= 11 is 0. The second-order valence-electron chi connectivity index (χ2n) is 11.1. The van der Waals surface area contributed by atoms with Gasteiger partial charge in [0.2, 0.25) is 0 Å². The van der Waals surface area contributed by atoms with Gasteiger partial charge in [0.15, 0.2) is 11.5 Å². The van der Waals surface area contributed by atoms with Crippen molar-refractivity contribution in [1.29, 1.82) is 0 Å². The molecule has 220 valence electrons. The number of carbonyl (C=O) groups excluding carboxylic acids is 3. The Morgan fingerprint density at radius 1 is 0.897 bits per heavy atom. The molecule has 0 heterocycles. The van der Waals surface area contributed by atoms with Gasteiger partial charge in [0.1, 0.15) is 12.1 Å². The molecule has 0 fully saturated rings. The van der Waals surface area contributed by atoms with Crippen LogP contribution in [0.5, 0.6) is 11.5 Å². The van der Waals surface area contributed by atoms with Crippen molar-refractivity contribution < 1.29 is 43.2 Å².